The molecule has 0 radical (unpaired) electrons. The minimum atomic E-state index is -0.669. The fourth-order valence-electron chi connectivity index (χ4n) is 8.55. The zero-order valence-electron chi connectivity index (χ0n) is 42.8. The molecule has 0 bridgehead atoms. The van der Waals surface area contributed by atoms with E-state index in [1.807, 2.05) is 0 Å². The molecule has 0 spiro atoms. The third-order valence-electron chi connectivity index (χ3n) is 12.9. The number of hydrogen-bond acceptors (Lipinski definition) is 5. The topological polar surface area (TPSA) is 95.9 Å². The number of carbonyl (C=O) groups is 2. The van der Waals surface area contributed by atoms with Gasteiger partial charge in [-0.2, -0.15) is 0 Å². The maximum absolute atomic E-state index is 12.4. The van der Waals surface area contributed by atoms with Crippen molar-refractivity contribution < 1.29 is 24.5 Å². The number of aliphatic hydroxyl groups is 2. The molecule has 376 valence electrons. The minimum absolute atomic E-state index is 0.00134. The van der Waals surface area contributed by atoms with Gasteiger partial charge in [-0.15, -0.1) is 0 Å². The molecule has 0 saturated carbocycles. The second-order valence-corrected chi connectivity index (χ2v) is 19.3. The Morgan fingerprint density at radius 3 is 1.20 bits per heavy atom. The van der Waals surface area contributed by atoms with E-state index in [4.69, 9.17) is 4.74 Å². The number of aliphatic hydroxyl groups excluding tert-OH is 2. The van der Waals surface area contributed by atoms with Crippen molar-refractivity contribution in [3.05, 3.63) is 36.5 Å². The average molecular weight is 901 g/mol. The van der Waals surface area contributed by atoms with Crippen LogP contribution >= 0.6 is 0 Å². The predicted molar refractivity (Wildman–Crippen MR) is 278 cm³/mol. The lowest BCUT2D eigenvalue weighted by Gasteiger charge is -2.22. The lowest BCUT2D eigenvalue weighted by atomic mass is 10.0. The standard InChI is InChI=1S/C58H109NO5/c1-3-5-7-9-11-13-14-15-25-29-32-36-40-44-48-52-58(63)64-53-49-45-41-37-33-30-27-24-22-20-18-16-17-19-21-23-26-28-31-35-39-43-47-51-57(62)59-55(54-60)56(61)50-46-42-38-34-12-10-8-6-4-2/h15-16,18-19,21,25,55-56,60-61H,3-14,17,20,22-24,26-54H2,1-2H3,(H,59,62)/b18-16-,21-19-,25-15-. The van der Waals surface area contributed by atoms with E-state index < -0.39 is 12.1 Å². The molecule has 6 heteroatoms. The van der Waals surface area contributed by atoms with Crippen LogP contribution in [0, 0.1) is 0 Å². The normalized spacial score (nSPS) is 12.9. The Balaban J connectivity index is 3.43. The Kier molecular flexibility index (Phi) is 52.1. The van der Waals surface area contributed by atoms with Gasteiger partial charge in [-0.25, -0.2) is 0 Å². The first-order valence-electron chi connectivity index (χ1n) is 28.2. The Morgan fingerprint density at radius 1 is 0.438 bits per heavy atom. The second-order valence-electron chi connectivity index (χ2n) is 19.3. The van der Waals surface area contributed by atoms with E-state index in [-0.39, 0.29) is 18.5 Å². The zero-order valence-corrected chi connectivity index (χ0v) is 42.8. The molecule has 6 nitrogen and oxygen atoms in total. The lowest BCUT2D eigenvalue weighted by Crippen LogP contribution is -2.45. The van der Waals surface area contributed by atoms with Crippen molar-refractivity contribution in [3.8, 4) is 0 Å². The summed E-state index contributed by atoms with van der Waals surface area (Å²) >= 11 is 0. The predicted octanol–water partition coefficient (Wildman–Crippen LogP) is 17.2. The van der Waals surface area contributed by atoms with Gasteiger partial charge in [-0.3, -0.25) is 9.59 Å². The average Bonchev–Trinajstić information content (AvgIpc) is 3.29. The maximum Gasteiger partial charge on any atom is 0.305 e. The number of allylic oxidation sites excluding steroid dienone is 6. The molecule has 3 N–H and O–H groups in total. The number of rotatable bonds is 52. The van der Waals surface area contributed by atoms with Crippen molar-refractivity contribution in [2.75, 3.05) is 13.2 Å². The number of esters is 1. The molecule has 0 aliphatic rings. The molecule has 0 fully saturated rings. The lowest BCUT2D eigenvalue weighted by molar-refractivity contribution is -0.143. The summed E-state index contributed by atoms with van der Waals surface area (Å²) < 4.78 is 5.47. The highest BCUT2D eigenvalue weighted by molar-refractivity contribution is 5.76. The second kappa shape index (κ2) is 53.7. The first-order valence-corrected chi connectivity index (χ1v) is 28.2. The van der Waals surface area contributed by atoms with E-state index >= 15 is 0 Å². The largest absolute Gasteiger partial charge is 0.466 e. The van der Waals surface area contributed by atoms with Crippen molar-refractivity contribution in [1.82, 2.24) is 5.32 Å². The molecular formula is C58H109NO5. The van der Waals surface area contributed by atoms with Crippen LogP contribution in [0.3, 0.4) is 0 Å². The van der Waals surface area contributed by atoms with Gasteiger partial charge in [-0.1, -0.05) is 237 Å². The Labute approximate surface area is 398 Å². The van der Waals surface area contributed by atoms with Crippen molar-refractivity contribution in [1.29, 1.82) is 0 Å². The van der Waals surface area contributed by atoms with Crippen LogP contribution < -0.4 is 5.32 Å². The van der Waals surface area contributed by atoms with E-state index in [2.05, 4.69) is 55.6 Å². The SMILES string of the molecule is CCCCCCCC/C=C\CCCCCCCC(=O)OCCCCCCCCCCC/C=C\C/C=C\CCCCCCCCCC(=O)NC(CO)C(O)CCCCCCCCCCC. The van der Waals surface area contributed by atoms with Crippen LogP contribution in [0.1, 0.15) is 296 Å². The number of hydrogen-bond donors (Lipinski definition) is 3. The third-order valence-corrected chi connectivity index (χ3v) is 12.9. The highest BCUT2D eigenvalue weighted by Gasteiger charge is 2.20. The van der Waals surface area contributed by atoms with E-state index in [1.165, 1.54) is 205 Å². The quantitative estimate of drug-likeness (QED) is 0.0321. The highest BCUT2D eigenvalue weighted by atomic mass is 16.5. The Hall–Kier alpha value is -1.92. The number of unbranched alkanes of at least 4 members (excludes halogenated alkanes) is 35. The van der Waals surface area contributed by atoms with Gasteiger partial charge in [0.1, 0.15) is 0 Å². The number of amides is 1. The molecule has 0 rings (SSSR count). The molecule has 0 aliphatic carbocycles. The van der Waals surface area contributed by atoms with Crippen LogP contribution in [-0.4, -0.2) is 47.4 Å². The fraction of sp³-hybridized carbons (Fsp3) is 0.862. The van der Waals surface area contributed by atoms with E-state index in [1.54, 1.807) is 0 Å². The maximum atomic E-state index is 12.4. The molecule has 2 atom stereocenters. The van der Waals surface area contributed by atoms with E-state index in [0.29, 0.717) is 25.9 Å². The van der Waals surface area contributed by atoms with Gasteiger partial charge in [0.05, 0.1) is 25.4 Å². The van der Waals surface area contributed by atoms with Crippen LogP contribution in [-0.2, 0) is 14.3 Å². The van der Waals surface area contributed by atoms with Crippen LogP contribution in [0.4, 0.5) is 0 Å². The molecule has 1 amide bonds. The molecule has 64 heavy (non-hydrogen) atoms. The highest BCUT2D eigenvalue weighted by Crippen LogP contribution is 2.16. The van der Waals surface area contributed by atoms with Crippen molar-refractivity contribution in [3.63, 3.8) is 0 Å². The van der Waals surface area contributed by atoms with Crippen molar-refractivity contribution in [2.24, 2.45) is 0 Å². The Morgan fingerprint density at radius 2 is 0.781 bits per heavy atom. The molecule has 0 aromatic rings. The fourth-order valence-corrected chi connectivity index (χ4v) is 8.55. The summed E-state index contributed by atoms with van der Waals surface area (Å²) in [5, 5.41) is 23.1. The summed E-state index contributed by atoms with van der Waals surface area (Å²) in [5.41, 5.74) is 0. The number of carbonyl (C=O) groups excluding carboxylic acids is 2. The zero-order chi connectivity index (χ0) is 46.5. The number of nitrogens with one attached hydrogen (secondary N) is 1. The van der Waals surface area contributed by atoms with Gasteiger partial charge in [0.15, 0.2) is 0 Å². The molecule has 0 aromatic heterocycles. The van der Waals surface area contributed by atoms with Crippen molar-refractivity contribution in [2.45, 2.75) is 309 Å². The Bertz CT molecular complexity index is 1040. The molecule has 0 heterocycles. The first kappa shape index (κ1) is 62.1. The molecule has 0 aliphatic heterocycles. The van der Waals surface area contributed by atoms with E-state index in [9.17, 15) is 19.8 Å². The number of ether oxygens (including phenoxy) is 1. The van der Waals surface area contributed by atoms with Gasteiger partial charge in [-0.05, 0) is 83.5 Å². The van der Waals surface area contributed by atoms with Crippen LogP contribution in [0.2, 0.25) is 0 Å². The van der Waals surface area contributed by atoms with Gasteiger partial charge in [0, 0.05) is 12.8 Å². The molecular weight excluding hydrogens is 791 g/mol. The monoisotopic (exact) mass is 900 g/mol. The summed E-state index contributed by atoms with van der Waals surface area (Å²) in [6.07, 6.45) is 65.7. The third kappa shape index (κ3) is 49.5. The smallest absolute Gasteiger partial charge is 0.305 e. The van der Waals surface area contributed by atoms with Gasteiger partial charge < -0.3 is 20.3 Å². The van der Waals surface area contributed by atoms with Gasteiger partial charge in [0.25, 0.3) is 0 Å². The summed E-state index contributed by atoms with van der Waals surface area (Å²) in [7, 11) is 0. The summed E-state index contributed by atoms with van der Waals surface area (Å²) in [5.74, 6) is -0.0496. The summed E-state index contributed by atoms with van der Waals surface area (Å²) in [6, 6.07) is -0.547. The van der Waals surface area contributed by atoms with Gasteiger partial charge in [0.2, 0.25) is 5.91 Å². The minimum Gasteiger partial charge on any atom is -0.466 e. The van der Waals surface area contributed by atoms with Crippen LogP contribution in [0.15, 0.2) is 36.5 Å². The first-order chi connectivity index (χ1) is 31.5. The summed E-state index contributed by atoms with van der Waals surface area (Å²) in [4.78, 5) is 24.4. The molecule has 0 aromatic carbocycles. The molecule has 0 saturated heterocycles. The van der Waals surface area contributed by atoms with Gasteiger partial charge >= 0.3 is 5.97 Å². The summed E-state index contributed by atoms with van der Waals surface area (Å²) in [6.45, 7) is 4.91. The van der Waals surface area contributed by atoms with E-state index in [0.717, 1.165) is 57.8 Å². The van der Waals surface area contributed by atoms with Crippen molar-refractivity contribution >= 4 is 11.9 Å². The molecule has 2 unspecified atom stereocenters. The van der Waals surface area contributed by atoms with Crippen LogP contribution in [0.25, 0.3) is 0 Å². The van der Waals surface area contributed by atoms with Crippen LogP contribution in [0.5, 0.6) is 0 Å².